The van der Waals surface area contributed by atoms with Crippen LogP contribution in [0.5, 0.6) is 17.2 Å². The maximum absolute atomic E-state index is 13.8. The Labute approximate surface area is 193 Å². The molecule has 0 bridgehead atoms. The van der Waals surface area contributed by atoms with Crippen LogP contribution >= 0.6 is 0 Å². The van der Waals surface area contributed by atoms with Crippen LogP contribution in [0.1, 0.15) is 21.6 Å². The van der Waals surface area contributed by atoms with Crippen LogP contribution in [-0.4, -0.2) is 31.7 Å². The number of carbonyl (C=O) groups is 1. The molecule has 0 unspecified atom stereocenters. The van der Waals surface area contributed by atoms with Crippen LogP contribution in [0.4, 0.5) is 0 Å². The number of nitrogens with zero attached hydrogens (tertiary/aromatic N) is 1. The van der Waals surface area contributed by atoms with Crippen LogP contribution in [-0.2, 0) is 13.0 Å². The van der Waals surface area contributed by atoms with Crippen LogP contribution in [0.25, 0.3) is 22.4 Å². The molecule has 2 heterocycles. The lowest BCUT2D eigenvalue weighted by Gasteiger charge is -2.23. The van der Waals surface area contributed by atoms with E-state index in [1.807, 2.05) is 66.7 Å². The highest BCUT2D eigenvalue weighted by Crippen LogP contribution is 2.42. The van der Waals surface area contributed by atoms with Crippen molar-refractivity contribution < 1.29 is 19.0 Å². The second kappa shape index (κ2) is 8.51. The van der Waals surface area contributed by atoms with E-state index in [1.54, 1.807) is 21.3 Å². The van der Waals surface area contributed by atoms with E-state index in [1.165, 1.54) is 5.56 Å². The molecule has 0 aliphatic carbocycles. The average Bonchev–Trinajstić information content (AvgIpc) is 3.28. The van der Waals surface area contributed by atoms with Gasteiger partial charge in [0.25, 0.3) is 0 Å². The second-order valence-electron chi connectivity index (χ2n) is 7.98. The first-order valence-corrected chi connectivity index (χ1v) is 10.9. The van der Waals surface area contributed by atoms with Crippen molar-refractivity contribution in [2.75, 3.05) is 21.3 Å². The van der Waals surface area contributed by atoms with Gasteiger partial charge in [-0.2, -0.15) is 0 Å². The average molecular weight is 440 g/mol. The molecular weight excluding hydrogens is 414 g/mol. The lowest BCUT2D eigenvalue weighted by Crippen LogP contribution is -2.17. The van der Waals surface area contributed by atoms with Crippen LogP contribution in [0.2, 0.25) is 0 Å². The summed E-state index contributed by atoms with van der Waals surface area (Å²) in [6.07, 6.45) is 0.800. The van der Waals surface area contributed by atoms with Crippen molar-refractivity contribution in [1.29, 1.82) is 0 Å². The van der Waals surface area contributed by atoms with Gasteiger partial charge in [0.1, 0.15) is 5.75 Å². The SMILES string of the molecule is COc1ccc(C(=O)c2c(-c3ccccc3)cc3n2CCc2cc(OC)c(OC)cc2-3)cc1. The molecule has 1 aliphatic rings. The largest absolute Gasteiger partial charge is 0.497 e. The predicted octanol–water partition coefficient (Wildman–Crippen LogP) is 5.64. The zero-order valence-corrected chi connectivity index (χ0v) is 18.9. The molecule has 0 spiro atoms. The molecule has 0 N–H and O–H groups in total. The van der Waals surface area contributed by atoms with E-state index >= 15 is 0 Å². The lowest BCUT2D eigenvalue weighted by atomic mass is 9.97. The van der Waals surface area contributed by atoms with Gasteiger partial charge < -0.3 is 18.8 Å². The number of aryl methyl sites for hydroxylation is 1. The number of hydrogen-bond acceptors (Lipinski definition) is 4. The molecule has 5 rings (SSSR count). The minimum absolute atomic E-state index is 0.00770. The second-order valence-corrected chi connectivity index (χ2v) is 7.98. The van der Waals surface area contributed by atoms with Crippen LogP contribution < -0.4 is 14.2 Å². The van der Waals surface area contributed by atoms with Crippen molar-refractivity contribution in [1.82, 2.24) is 4.57 Å². The molecule has 0 saturated carbocycles. The van der Waals surface area contributed by atoms with Gasteiger partial charge in [0, 0.05) is 28.9 Å². The number of ketones is 1. The van der Waals surface area contributed by atoms with Crippen molar-refractivity contribution in [3.05, 3.63) is 89.6 Å². The highest BCUT2D eigenvalue weighted by molar-refractivity contribution is 6.13. The van der Waals surface area contributed by atoms with Gasteiger partial charge >= 0.3 is 0 Å². The molecule has 33 heavy (non-hydrogen) atoms. The quantitative estimate of drug-likeness (QED) is 0.365. The van der Waals surface area contributed by atoms with E-state index < -0.39 is 0 Å². The smallest absolute Gasteiger partial charge is 0.210 e. The van der Waals surface area contributed by atoms with E-state index in [9.17, 15) is 4.79 Å². The highest BCUT2D eigenvalue weighted by atomic mass is 16.5. The Hall–Kier alpha value is -3.99. The summed E-state index contributed by atoms with van der Waals surface area (Å²) in [5.41, 5.74) is 6.51. The van der Waals surface area contributed by atoms with Gasteiger partial charge in [0.15, 0.2) is 11.5 Å². The number of benzene rings is 3. The zero-order valence-electron chi connectivity index (χ0n) is 18.9. The predicted molar refractivity (Wildman–Crippen MR) is 129 cm³/mol. The van der Waals surface area contributed by atoms with Crippen molar-refractivity contribution >= 4 is 5.78 Å². The van der Waals surface area contributed by atoms with E-state index in [4.69, 9.17) is 14.2 Å². The summed E-state index contributed by atoms with van der Waals surface area (Å²) in [5, 5.41) is 0. The van der Waals surface area contributed by atoms with Gasteiger partial charge in [-0.1, -0.05) is 30.3 Å². The Balaban J connectivity index is 1.72. The highest BCUT2D eigenvalue weighted by Gasteiger charge is 2.28. The first-order chi connectivity index (χ1) is 16.1. The van der Waals surface area contributed by atoms with Crippen molar-refractivity contribution in [2.45, 2.75) is 13.0 Å². The van der Waals surface area contributed by atoms with Gasteiger partial charge in [-0.05, 0) is 60.0 Å². The molecule has 3 aromatic carbocycles. The number of fused-ring (bicyclic) bond motifs is 3. The van der Waals surface area contributed by atoms with Gasteiger partial charge in [-0.3, -0.25) is 4.79 Å². The fraction of sp³-hybridized carbons (Fsp3) is 0.179. The zero-order chi connectivity index (χ0) is 22.9. The van der Waals surface area contributed by atoms with E-state index in [0.717, 1.165) is 34.6 Å². The monoisotopic (exact) mass is 439 g/mol. The van der Waals surface area contributed by atoms with Gasteiger partial charge in [0.05, 0.1) is 27.0 Å². The first kappa shape index (κ1) is 20.9. The Kier molecular flexibility index (Phi) is 5.38. The lowest BCUT2D eigenvalue weighted by molar-refractivity contribution is 0.103. The van der Waals surface area contributed by atoms with Crippen LogP contribution in [0.3, 0.4) is 0 Å². The molecule has 5 nitrogen and oxygen atoms in total. The molecule has 4 aromatic rings. The molecule has 1 aromatic heterocycles. The fourth-order valence-corrected chi connectivity index (χ4v) is 4.56. The first-order valence-electron chi connectivity index (χ1n) is 10.9. The molecule has 0 saturated heterocycles. The van der Waals surface area contributed by atoms with E-state index in [0.29, 0.717) is 29.3 Å². The van der Waals surface area contributed by atoms with E-state index in [2.05, 4.69) is 10.6 Å². The van der Waals surface area contributed by atoms with Gasteiger partial charge in [-0.25, -0.2) is 0 Å². The Bertz CT molecular complexity index is 1320. The van der Waals surface area contributed by atoms with Crippen molar-refractivity contribution in [2.24, 2.45) is 0 Å². The molecule has 0 amide bonds. The fourth-order valence-electron chi connectivity index (χ4n) is 4.56. The van der Waals surface area contributed by atoms with Gasteiger partial charge in [0.2, 0.25) is 5.78 Å². The minimum atomic E-state index is -0.00770. The normalized spacial score (nSPS) is 12.0. The Morgan fingerprint density at radius 2 is 1.48 bits per heavy atom. The summed E-state index contributed by atoms with van der Waals surface area (Å²) < 4.78 is 18.5. The van der Waals surface area contributed by atoms with Crippen LogP contribution in [0.15, 0.2) is 72.8 Å². The third kappa shape index (κ3) is 3.55. The molecule has 5 heteroatoms. The summed E-state index contributed by atoms with van der Waals surface area (Å²) in [5.74, 6) is 2.11. The summed E-state index contributed by atoms with van der Waals surface area (Å²) in [7, 11) is 4.91. The Morgan fingerprint density at radius 3 is 2.15 bits per heavy atom. The number of methoxy groups -OCH3 is 3. The molecular formula is C28H25NO4. The maximum atomic E-state index is 13.8. The molecule has 166 valence electrons. The minimum Gasteiger partial charge on any atom is -0.497 e. The topological polar surface area (TPSA) is 49.7 Å². The number of rotatable bonds is 6. The molecule has 0 radical (unpaired) electrons. The number of aromatic nitrogens is 1. The molecule has 1 aliphatic heterocycles. The molecule has 0 atom stereocenters. The summed E-state index contributed by atoms with van der Waals surface area (Å²) >= 11 is 0. The molecule has 0 fully saturated rings. The van der Waals surface area contributed by atoms with Crippen molar-refractivity contribution in [3.8, 4) is 39.6 Å². The maximum Gasteiger partial charge on any atom is 0.210 e. The van der Waals surface area contributed by atoms with Crippen molar-refractivity contribution in [3.63, 3.8) is 0 Å². The number of ether oxygens (including phenoxy) is 3. The van der Waals surface area contributed by atoms with Gasteiger partial charge in [-0.15, -0.1) is 0 Å². The summed E-state index contributed by atoms with van der Waals surface area (Å²) in [6, 6.07) is 23.5. The summed E-state index contributed by atoms with van der Waals surface area (Å²) in [6.45, 7) is 0.710. The Morgan fingerprint density at radius 1 is 0.788 bits per heavy atom. The van der Waals surface area contributed by atoms with E-state index in [-0.39, 0.29) is 5.78 Å². The number of carbonyl (C=O) groups excluding carboxylic acids is 1. The standard InChI is InChI=1S/C28H25NO4/c1-31-21-11-9-19(10-12-21)28(30)27-23(18-7-5-4-6-8-18)16-24-22-17-26(33-3)25(32-2)15-20(22)13-14-29(24)27/h4-12,15-17H,13-14H2,1-3H3. The number of hydrogen-bond donors (Lipinski definition) is 0. The third-order valence-corrected chi connectivity index (χ3v) is 6.24. The third-order valence-electron chi connectivity index (χ3n) is 6.24. The summed E-state index contributed by atoms with van der Waals surface area (Å²) in [4.78, 5) is 13.8. The van der Waals surface area contributed by atoms with Crippen LogP contribution in [0, 0.1) is 0 Å².